The van der Waals surface area contributed by atoms with Crippen LogP contribution in [0.4, 0.5) is 0 Å². The van der Waals surface area contributed by atoms with E-state index < -0.39 is 16.2 Å². The Morgan fingerprint density at radius 2 is 0.814 bits per heavy atom. The van der Waals surface area contributed by atoms with E-state index >= 15 is 0 Å². The number of pyridine rings is 3. The lowest BCUT2D eigenvalue weighted by Crippen LogP contribution is -2.45. The van der Waals surface area contributed by atoms with Gasteiger partial charge >= 0.3 is 0 Å². The van der Waals surface area contributed by atoms with E-state index in [1.54, 1.807) is 0 Å². The van der Waals surface area contributed by atoms with Crippen LogP contribution in [0.5, 0.6) is 0 Å². The van der Waals surface area contributed by atoms with Gasteiger partial charge in [0.15, 0.2) is 0 Å². The minimum absolute atomic E-state index is 0.551. The van der Waals surface area contributed by atoms with Crippen molar-refractivity contribution in [1.29, 1.82) is 0 Å². The van der Waals surface area contributed by atoms with Crippen molar-refractivity contribution in [3.05, 3.63) is 310 Å². The Bertz CT molecular complexity index is 4070. The number of para-hydroxylation sites is 1. The molecular formula is C66H40N4. The summed E-state index contributed by atoms with van der Waals surface area (Å²) in [7, 11) is 0. The SMILES string of the molecule is c1ccc(C2(c3ccccc3)c3ccccc3C3(c4cc5c(cc42)C2(c4ccccc4-c4ccccc42)c2ccccc2-5)c2cccnc2-c2ncc(-n4c5ccccc5c5cnccc54)cc23)cc1. The molecule has 12 aromatic rings. The minimum Gasteiger partial charge on any atom is -0.308 e. The molecule has 4 heteroatoms. The van der Waals surface area contributed by atoms with Gasteiger partial charge < -0.3 is 4.57 Å². The molecule has 4 nitrogen and oxygen atoms in total. The molecule has 0 amide bonds. The van der Waals surface area contributed by atoms with E-state index in [0.717, 1.165) is 50.0 Å². The van der Waals surface area contributed by atoms with E-state index in [2.05, 4.69) is 228 Å². The van der Waals surface area contributed by atoms with Crippen LogP contribution in [0.2, 0.25) is 0 Å². The molecule has 0 aliphatic heterocycles. The molecule has 2 spiro atoms. The molecule has 70 heavy (non-hydrogen) atoms. The monoisotopic (exact) mass is 888 g/mol. The fourth-order valence-electron chi connectivity index (χ4n) is 14.1. The van der Waals surface area contributed by atoms with Crippen LogP contribution in [0, 0.1) is 0 Å². The molecule has 8 aromatic carbocycles. The maximum absolute atomic E-state index is 5.54. The lowest BCUT2D eigenvalue weighted by atomic mass is 9.51. The Balaban J connectivity index is 1.12. The lowest BCUT2D eigenvalue weighted by molar-refractivity contribution is 0.620. The number of hydrogen-bond acceptors (Lipinski definition) is 3. The van der Waals surface area contributed by atoms with Gasteiger partial charge in [-0.3, -0.25) is 15.0 Å². The van der Waals surface area contributed by atoms with Crippen LogP contribution in [0.25, 0.3) is 61.1 Å². The van der Waals surface area contributed by atoms with Gasteiger partial charge in [0.2, 0.25) is 0 Å². The molecule has 4 heterocycles. The average Bonchev–Trinajstić information content (AvgIpc) is 4.12. The maximum atomic E-state index is 5.54. The first kappa shape index (κ1) is 38.0. The summed E-state index contributed by atoms with van der Waals surface area (Å²) in [5.41, 5.74) is 23.0. The molecule has 0 bridgehead atoms. The first-order valence-corrected chi connectivity index (χ1v) is 24.2. The summed E-state index contributed by atoms with van der Waals surface area (Å²) in [5.74, 6) is 0. The van der Waals surface area contributed by atoms with Gasteiger partial charge in [-0.2, -0.15) is 0 Å². The summed E-state index contributed by atoms with van der Waals surface area (Å²) >= 11 is 0. The third-order valence-corrected chi connectivity index (χ3v) is 16.5. The van der Waals surface area contributed by atoms with Crippen molar-refractivity contribution in [2.45, 2.75) is 16.2 Å². The van der Waals surface area contributed by atoms with Crippen molar-refractivity contribution in [2.75, 3.05) is 0 Å². The highest BCUT2D eigenvalue weighted by atomic mass is 15.0. The van der Waals surface area contributed by atoms with Gasteiger partial charge in [0, 0.05) is 34.9 Å². The Morgan fingerprint density at radius 3 is 1.50 bits per heavy atom. The van der Waals surface area contributed by atoms with Crippen molar-refractivity contribution < 1.29 is 0 Å². The molecule has 1 unspecified atom stereocenters. The molecular weight excluding hydrogens is 849 g/mol. The lowest BCUT2D eigenvalue weighted by Gasteiger charge is -2.50. The van der Waals surface area contributed by atoms with Crippen LogP contribution in [-0.2, 0) is 16.2 Å². The Morgan fingerprint density at radius 1 is 0.300 bits per heavy atom. The fraction of sp³-hybridized carbons (Fsp3) is 0.0455. The van der Waals surface area contributed by atoms with E-state index in [4.69, 9.17) is 9.97 Å². The predicted octanol–water partition coefficient (Wildman–Crippen LogP) is 14.4. The second-order valence-electron chi connectivity index (χ2n) is 19.3. The summed E-state index contributed by atoms with van der Waals surface area (Å²) in [6.45, 7) is 0. The van der Waals surface area contributed by atoms with E-state index in [1.165, 1.54) is 77.9 Å². The average molecular weight is 889 g/mol. The Labute approximate surface area is 404 Å². The summed E-state index contributed by atoms with van der Waals surface area (Å²) in [6, 6.07) is 82.2. The van der Waals surface area contributed by atoms with E-state index in [0.29, 0.717) is 0 Å². The second kappa shape index (κ2) is 13.6. The summed E-state index contributed by atoms with van der Waals surface area (Å²) in [4.78, 5) is 15.4. The van der Waals surface area contributed by atoms with Crippen molar-refractivity contribution in [3.8, 4) is 39.3 Å². The van der Waals surface area contributed by atoms with Gasteiger partial charge in [-0.05, 0) is 114 Å². The summed E-state index contributed by atoms with van der Waals surface area (Å²) in [6.07, 6.45) is 7.87. The second-order valence-corrected chi connectivity index (χ2v) is 19.3. The van der Waals surface area contributed by atoms with Gasteiger partial charge in [-0.25, -0.2) is 0 Å². The molecule has 324 valence electrons. The van der Waals surface area contributed by atoms with Gasteiger partial charge in [-0.15, -0.1) is 0 Å². The van der Waals surface area contributed by atoms with Crippen LogP contribution in [0.3, 0.4) is 0 Å². The summed E-state index contributed by atoms with van der Waals surface area (Å²) < 4.78 is 2.37. The van der Waals surface area contributed by atoms with Gasteiger partial charge in [-0.1, -0.05) is 188 Å². The molecule has 0 radical (unpaired) electrons. The number of fused-ring (bicyclic) bond motifs is 22. The van der Waals surface area contributed by atoms with Crippen molar-refractivity contribution >= 4 is 21.8 Å². The predicted molar refractivity (Wildman–Crippen MR) is 280 cm³/mol. The molecule has 4 aliphatic carbocycles. The number of hydrogen-bond donors (Lipinski definition) is 0. The Hall–Kier alpha value is -8.99. The van der Waals surface area contributed by atoms with Crippen LogP contribution >= 0.6 is 0 Å². The van der Waals surface area contributed by atoms with Gasteiger partial charge in [0.25, 0.3) is 0 Å². The first-order chi connectivity index (χ1) is 34.7. The zero-order valence-corrected chi connectivity index (χ0v) is 37.9. The highest BCUT2D eigenvalue weighted by molar-refractivity contribution is 6.09. The molecule has 0 N–H and O–H groups in total. The Kier molecular flexibility index (Phi) is 7.38. The van der Waals surface area contributed by atoms with Crippen LogP contribution in [-0.4, -0.2) is 19.5 Å². The van der Waals surface area contributed by atoms with Crippen molar-refractivity contribution in [2.24, 2.45) is 0 Å². The zero-order valence-electron chi connectivity index (χ0n) is 37.9. The van der Waals surface area contributed by atoms with Crippen molar-refractivity contribution in [3.63, 3.8) is 0 Å². The van der Waals surface area contributed by atoms with E-state index in [1.807, 2.05) is 24.8 Å². The standard InChI is InChI=1S/C66H40N4/c1-3-18-41(19-4-1)64(42-20-5-2-6-21-42)53-29-14-15-30-54(53)66(55-31-17-34-68-62(55)63-59(66)36-43(39-69-63)70-60-32-16-10-25-47(60)49-40-67-35-33-61(49)70)57-37-48-46-24-9-13-28-52(46)65(56(48)38-58(57)64)50-26-11-7-22-44(50)45-23-8-12-27-51(45)65/h1-40H. The van der Waals surface area contributed by atoms with E-state index in [-0.39, 0.29) is 0 Å². The van der Waals surface area contributed by atoms with Crippen molar-refractivity contribution in [1.82, 2.24) is 19.5 Å². The largest absolute Gasteiger partial charge is 0.308 e. The number of nitrogens with zero attached hydrogens (tertiary/aromatic N) is 4. The van der Waals surface area contributed by atoms with E-state index in [9.17, 15) is 0 Å². The van der Waals surface area contributed by atoms with Gasteiger partial charge in [0.05, 0.1) is 50.6 Å². The van der Waals surface area contributed by atoms with Gasteiger partial charge in [0.1, 0.15) is 0 Å². The minimum atomic E-state index is -0.827. The molecule has 4 aliphatic rings. The topological polar surface area (TPSA) is 43.6 Å². The quantitative estimate of drug-likeness (QED) is 0.178. The maximum Gasteiger partial charge on any atom is 0.0939 e. The third kappa shape index (κ3) is 4.38. The fourth-order valence-corrected chi connectivity index (χ4v) is 14.1. The smallest absolute Gasteiger partial charge is 0.0939 e. The summed E-state index contributed by atoms with van der Waals surface area (Å²) in [5, 5.41) is 2.27. The number of aromatic nitrogens is 4. The van der Waals surface area contributed by atoms with Crippen LogP contribution < -0.4 is 0 Å². The number of benzene rings is 8. The molecule has 0 saturated heterocycles. The number of rotatable bonds is 3. The molecule has 0 saturated carbocycles. The van der Waals surface area contributed by atoms with Crippen LogP contribution in [0.1, 0.15) is 66.8 Å². The van der Waals surface area contributed by atoms with Crippen LogP contribution in [0.15, 0.2) is 243 Å². The highest BCUT2D eigenvalue weighted by Gasteiger charge is 2.60. The molecule has 1 atom stereocenters. The molecule has 0 fully saturated rings. The molecule has 16 rings (SSSR count). The first-order valence-electron chi connectivity index (χ1n) is 24.2. The molecule has 4 aromatic heterocycles. The third-order valence-electron chi connectivity index (χ3n) is 16.5. The highest BCUT2D eigenvalue weighted by Crippen LogP contribution is 2.68. The zero-order chi connectivity index (χ0) is 45.8. The normalized spacial score (nSPS) is 16.6.